The molecule has 1 aliphatic rings. The molecule has 3 aromatic heterocycles. The van der Waals surface area contributed by atoms with Gasteiger partial charge < -0.3 is 9.42 Å². The quantitative estimate of drug-likeness (QED) is 0.725. The fourth-order valence-corrected chi connectivity index (χ4v) is 3.20. The fraction of sp³-hybridized carbons (Fsp3) is 0.375. The van der Waals surface area contributed by atoms with E-state index in [-0.39, 0.29) is 11.9 Å². The summed E-state index contributed by atoms with van der Waals surface area (Å²) in [5.41, 5.74) is 2.85. The SMILES string of the molecule is Cc1noc2ncc(C(=O)N3CCC[C@H]3c3cnn(C)c3)cc12. The smallest absolute Gasteiger partial charge is 0.257 e. The minimum atomic E-state index is -0.00801. The molecule has 0 aromatic carbocycles. The van der Waals surface area contributed by atoms with Gasteiger partial charge in [0, 0.05) is 31.5 Å². The van der Waals surface area contributed by atoms with E-state index in [9.17, 15) is 4.79 Å². The van der Waals surface area contributed by atoms with Gasteiger partial charge in [-0.15, -0.1) is 0 Å². The van der Waals surface area contributed by atoms with Gasteiger partial charge >= 0.3 is 0 Å². The van der Waals surface area contributed by atoms with Crippen LogP contribution in [-0.4, -0.2) is 37.3 Å². The lowest BCUT2D eigenvalue weighted by molar-refractivity contribution is 0.0735. The van der Waals surface area contributed by atoms with Crippen molar-refractivity contribution in [3.8, 4) is 0 Å². The number of aromatic nitrogens is 4. The molecule has 1 fully saturated rings. The van der Waals surface area contributed by atoms with Crippen molar-refractivity contribution in [3.63, 3.8) is 0 Å². The average molecular weight is 311 g/mol. The van der Waals surface area contributed by atoms with Crippen LogP contribution in [0.25, 0.3) is 11.1 Å². The van der Waals surface area contributed by atoms with E-state index in [1.54, 1.807) is 10.9 Å². The number of aryl methyl sites for hydroxylation is 2. The number of carbonyl (C=O) groups excluding carboxylic acids is 1. The molecular formula is C16H17N5O2. The Kier molecular flexibility index (Phi) is 3.14. The largest absolute Gasteiger partial charge is 0.336 e. The van der Waals surface area contributed by atoms with Crippen molar-refractivity contribution in [1.82, 2.24) is 24.8 Å². The molecule has 118 valence electrons. The zero-order valence-corrected chi connectivity index (χ0v) is 13.1. The normalized spacial score (nSPS) is 18.0. The predicted octanol–water partition coefficient (Wildman–Crippen LogP) is 2.24. The number of carbonyl (C=O) groups is 1. The summed E-state index contributed by atoms with van der Waals surface area (Å²) in [6, 6.07) is 1.89. The van der Waals surface area contributed by atoms with Gasteiger partial charge in [-0.25, -0.2) is 4.98 Å². The minimum Gasteiger partial charge on any atom is -0.336 e. The monoisotopic (exact) mass is 311 g/mol. The molecule has 7 heteroatoms. The number of hydrogen-bond donors (Lipinski definition) is 0. The summed E-state index contributed by atoms with van der Waals surface area (Å²) in [7, 11) is 1.89. The fourth-order valence-electron chi connectivity index (χ4n) is 3.20. The van der Waals surface area contributed by atoms with Gasteiger partial charge in [-0.05, 0) is 25.8 Å². The van der Waals surface area contributed by atoms with Crippen molar-refractivity contribution in [3.05, 3.63) is 41.5 Å². The van der Waals surface area contributed by atoms with Gasteiger partial charge in [0.1, 0.15) is 0 Å². The second kappa shape index (κ2) is 5.19. The lowest BCUT2D eigenvalue weighted by Crippen LogP contribution is -2.30. The Labute approximate surface area is 132 Å². The number of rotatable bonds is 2. The maximum Gasteiger partial charge on any atom is 0.257 e. The molecule has 0 saturated carbocycles. The van der Waals surface area contributed by atoms with Gasteiger partial charge in [0.15, 0.2) is 0 Å². The highest BCUT2D eigenvalue weighted by atomic mass is 16.5. The van der Waals surface area contributed by atoms with E-state index >= 15 is 0 Å². The van der Waals surface area contributed by atoms with E-state index in [0.717, 1.165) is 36.0 Å². The lowest BCUT2D eigenvalue weighted by Gasteiger charge is -2.23. The summed E-state index contributed by atoms with van der Waals surface area (Å²) >= 11 is 0. The predicted molar refractivity (Wildman–Crippen MR) is 82.8 cm³/mol. The highest BCUT2D eigenvalue weighted by Gasteiger charge is 2.31. The Bertz CT molecular complexity index is 882. The zero-order valence-electron chi connectivity index (χ0n) is 13.1. The number of likely N-dealkylation sites (tertiary alicyclic amines) is 1. The molecule has 0 bridgehead atoms. The first-order valence-corrected chi connectivity index (χ1v) is 7.65. The van der Waals surface area contributed by atoms with Crippen LogP contribution in [0.1, 0.15) is 40.5 Å². The van der Waals surface area contributed by atoms with Gasteiger partial charge in [0.05, 0.1) is 28.9 Å². The third-order valence-corrected chi connectivity index (χ3v) is 4.38. The molecule has 4 rings (SSSR count). The van der Waals surface area contributed by atoms with Gasteiger partial charge in [0.25, 0.3) is 11.6 Å². The van der Waals surface area contributed by atoms with Crippen molar-refractivity contribution >= 4 is 17.0 Å². The van der Waals surface area contributed by atoms with E-state index in [1.807, 2.05) is 37.3 Å². The first kappa shape index (κ1) is 13.9. The van der Waals surface area contributed by atoms with Crippen LogP contribution in [0.5, 0.6) is 0 Å². The third-order valence-electron chi connectivity index (χ3n) is 4.38. The summed E-state index contributed by atoms with van der Waals surface area (Å²) in [5, 5.41) is 8.89. The molecular weight excluding hydrogens is 294 g/mol. The van der Waals surface area contributed by atoms with Crippen LogP contribution in [0.15, 0.2) is 29.2 Å². The van der Waals surface area contributed by atoms with Crippen LogP contribution in [-0.2, 0) is 7.05 Å². The summed E-state index contributed by atoms with van der Waals surface area (Å²) in [6.45, 7) is 2.59. The van der Waals surface area contributed by atoms with Crippen LogP contribution < -0.4 is 0 Å². The van der Waals surface area contributed by atoms with Gasteiger partial charge in [-0.1, -0.05) is 5.16 Å². The molecule has 1 saturated heterocycles. The maximum atomic E-state index is 12.9. The molecule has 1 amide bonds. The first-order valence-electron chi connectivity index (χ1n) is 7.65. The summed E-state index contributed by atoms with van der Waals surface area (Å²) < 4.78 is 6.87. The van der Waals surface area contributed by atoms with E-state index in [4.69, 9.17) is 4.52 Å². The Morgan fingerprint density at radius 2 is 2.26 bits per heavy atom. The topological polar surface area (TPSA) is 77.1 Å². The van der Waals surface area contributed by atoms with Crippen molar-refractivity contribution in [2.45, 2.75) is 25.8 Å². The molecule has 1 atom stereocenters. The molecule has 0 N–H and O–H groups in total. The summed E-state index contributed by atoms with van der Waals surface area (Å²) in [6.07, 6.45) is 7.32. The van der Waals surface area contributed by atoms with Crippen LogP contribution in [0, 0.1) is 6.92 Å². The number of hydrogen-bond acceptors (Lipinski definition) is 5. The van der Waals surface area contributed by atoms with Crippen molar-refractivity contribution in [1.29, 1.82) is 0 Å². The molecule has 3 aromatic rings. The van der Waals surface area contributed by atoms with Gasteiger partial charge in [0.2, 0.25) is 0 Å². The molecule has 4 heterocycles. The maximum absolute atomic E-state index is 12.9. The molecule has 0 aliphatic carbocycles. The van der Waals surface area contributed by atoms with E-state index in [0.29, 0.717) is 11.3 Å². The average Bonchev–Trinajstić information content (AvgIpc) is 3.26. The Hall–Kier alpha value is -2.70. The van der Waals surface area contributed by atoms with Crippen LogP contribution in [0.3, 0.4) is 0 Å². The van der Waals surface area contributed by atoms with Crippen molar-refractivity contribution in [2.24, 2.45) is 7.05 Å². The van der Waals surface area contributed by atoms with Crippen LogP contribution >= 0.6 is 0 Å². The second-order valence-corrected chi connectivity index (χ2v) is 5.95. The molecule has 7 nitrogen and oxygen atoms in total. The van der Waals surface area contributed by atoms with Crippen LogP contribution in [0.2, 0.25) is 0 Å². The Morgan fingerprint density at radius 1 is 1.39 bits per heavy atom. The number of fused-ring (bicyclic) bond motifs is 1. The number of nitrogens with zero attached hydrogens (tertiary/aromatic N) is 5. The first-order chi connectivity index (χ1) is 11.1. The van der Waals surface area contributed by atoms with E-state index < -0.39 is 0 Å². The molecule has 0 radical (unpaired) electrons. The minimum absolute atomic E-state index is 0.00801. The highest BCUT2D eigenvalue weighted by Crippen LogP contribution is 2.33. The van der Waals surface area contributed by atoms with Crippen molar-refractivity contribution < 1.29 is 9.32 Å². The lowest BCUT2D eigenvalue weighted by atomic mass is 10.1. The molecule has 0 unspecified atom stereocenters. The van der Waals surface area contributed by atoms with E-state index in [1.165, 1.54) is 0 Å². The Morgan fingerprint density at radius 3 is 3.04 bits per heavy atom. The molecule has 1 aliphatic heterocycles. The van der Waals surface area contributed by atoms with E-state index in [2.05, 4.69) is 15.2 Å². The third kappa shape index (κ3) is 2.28. The number of pyridine rings is 1. The van der Waals surface area contributed by atoms with Crippen molar-refractivity contribution in [2.75, 3.05) is 6.54 Å². The summed E-state index contributed by atoms with van der Waals surface area (Å²) in [4.78, 5) is 19.0. The number of amides is 1. The van der Waals surface area contributed by atoms with Gasteiger partial charge in [-0.3, -0.25) is 9.48 Å². The van der Waals surface area contributed by atoms with Gasteiger partial charge in [-0.2, -0.15) is 5.10 Å². The standard InChI is InChI=1S/C16H17N5O2/c1-10-13-6-11(7-17-15(13)23-19-10)16(22)21-5-3-4-14(21)12-8-18-20(2)9-12/h6-9,14H,3-5H2,1-2H3/t14-/m0/s1. The van der Waals surface area contributed by atoms with Crippen LogP contribution in [0.4, 0.5) is 0 Å². The summed E-state index contributed by atoms with van der Waals surface area (Å²) in [5.74, 6) is -0.00801. The molecule has 0 spiro atoms. The molecule has 23 heavy (non-hydrogen) atoms. The highest BCUT2D eigenvalue weighted by molar-refractivity contribution is 5.97. The Balaban J connectivity index is 1.67. The second-order valence-electron chi connectivity index (χ2n) is 5.95. The zero-order chi connectivity index (χ0) is 16.0.